The maximum Gasteiger partial charge on any atom is 0.186 e. The Balaban J connectivity index is 1.75. The molecule has 0 amide bonds. The maximum atomic E-state index is 13.4. The van der Waals surface area contributed by atoms with Crippen LogP contribution in [0.15, 0.2) is 54.7 Å². The summed E-state index contributed by atoms with van der Waals surface area (Å²) in [4.78, 5) is 8.83. The Hall–Kier alpha value is -2.99. The molecule has 124 valence electrons. The molecule has 5 nitrogen and oxygen atoms in total. The van der Waals surface area contributed by atoms with Gasteiger partial charge in [-0.1, -0.05) is 41.9 Å². The summed E-state index contributed by atoms with van der Waals surface area (Å²) in [6.07, 6.45) is 1.74. The summed E-state index contributed by atoms with van der Waals surface area (Å²) < 4.78 is 15.1. The van der Waals surface area contributed by atoms with Gasteiger partial charge in [-0.25, -0.2) is 14.4 Å². The summed E-state index contributed by atoms with van der Waals surface area (Å²) in [5.41, 5.74) is 8.04. The van der Waals surface area contributed by atoms with E-state index in [0.29, 0.717) is 39.8 Å². The van der Waals surface area contributed by atoms with Crippen molar-refractivity contribution in [3.05, 3.63) is 71.1 Å². The van der Waals surface area contributed by atoms with Gasteiger partial charge in [-0.3, -0.25) is 4.68 Å². The topological polar surface area (TPSA) is 69.6 Å². The van der Waals surface area contributed by atoms with Crippen LogP contribution in [0.1, 0.15) is 5.56 Å². The highest BCUT2D eigenvalue weighted by Gasteiger charge is 2.12. The Labute approximate surface area is 147 Å². The lowest BCUT2D eigenvalue weighted by atomic mass is 10.2. The zero-order valence-corrected chi connectivity index (χ0v) is 13.8. The first-order valence-electron chi connectivity index (χ1n) is 7.60. The molecule has 0 fully saturated rings. The maximum absolute atomic E-state index is 13.4. The predicted octanol–water partition coefficient (Wildman–Crippen LogP) is 3.92. The van der Waals surface area contributed by atoms with Crippen LogP contribution >= 0.6 is 11.6 Å². The van der Waals surface area contributed by atoms with E-state index in [-0.39, 0.29) is 5.82 Å². The SMILES string of the molecule is Nc1nc(-c2ccccc2)nc2nn(Cc3cc(F)ccc3Cl)cc12. The lowest BCUT2D eigenvalue weighted by Gasteiger charge is -2.04. The molecule has 7 heteroatoms. The fourth-order valence-corrected chi connectivity index (χ4v) is 2.79. The quantitative estimate of drug-likeness (QED) is 0.606. The van der Waals surface area contributed by atoms with Gasteiger partial charge in [0.05, 0.1) is 11.9 Å². The molecule has 2 N–H and O–H groups in total. The molecule has 0 unspecified atom stereocenters. The Morgan fingerprint density at radius 1 is 1.08 bits per heavy atom. The standard InChI is InChI=1S/C18H13ClFN5/c19-15-7-6-13(20)8-12(15)9-25-10-14-16(21)22-17(23-18(14)24-25)11-4-2-1-3-5-11/h1-8,10H,9H2,(H2,21,22,23,24). The van der Waals surface area contributed by atoms with Crippen LogP contribution in [0.5, 0.6) is 0 Å². The summed E-state index contributed by atoms with van der Waals surface area (Å²) in [6, 6.07) is 13.8. The van der Waals surface area contributed by atoms with E-state index < -0.39 is 0 Å². The molecule has 2 heterocycles. The van der Waals surface area contributed by atoms with Gasteiger partial charge in [-0.15, -0.1) is 0 Å². The molecule has 2 aromatic carbocycles. The van der Waals surface area contributed by atoms with Gasteiger partial charge < -0.3 is 5.73 Å². The summed E-state index contributed by atoms with van der Waals surface area (Å²) in [5, 5.41) is 5.55. The molecule has 4 aromatic rings. The van der Waals surface area contributed by atoms with E-state index in [1.54, 1.807) is 10.9 Å². The second-order valence-corrected chi connectivity index (χ2v) is 6.01. The van der Waals surface area contributed by atoms with Crippen molar-refractivity contribution in [2.24, 2.45) is 0 Å². The molecule has 0 aliphatic carbocycles. The van der Waals surface area contributed by atoms with E-state index in [2.05, 4.69) is 15.1 Å². The monoisotopic (exact) mass is 353 g/mol. The van der Waals surface area contributed by atoms with Crippen molar-refractivity contribution in [3.8, 4) is 11.4 Å². The minimum absolute atomic E-state index is 0.313. The van der Waals surface area contributed by atoms with Crippen LogP contribution in [-0.4, -0.2) is 19.7 Å². The van der Waals surface area contributed by atoms with Crippen LogP contribution in [0.25, 0.3) is 22.4 Å². The number of nitrogens with zero attached hydrogens (tertiary/aromatic N) is 4. The Morgan fingerprint density at radius 2 is 1.88 bits per heavy atom. The van der Waals surface area contributed by atoms with Gasteiger partial charge in [-0.05, 0) is 23.8 Å². The molecule has 0 spiro atoms. The molecule has 0 saturated carbocycles. The van der Waals surface area contributed by atoms with Crippen LogP contribution < -0.4 is 5.73 Å². The molecule has 0 saturated heterocycles. The van der Waals surface area contributed by atoms with Crippen LogP contribution in [-0.2, 0) is 6.54 Å². The molecule has 0 radical (unpaired) electrons. The van der Waals surface area contributed by atoms with Gasteiger partial charge in [0.15, 0.2) is 11.5 Å². The zero-order chi connectivity index (χ0) is 17.4. The number of anilines is 1. The van der Waals surface area contributed by atoms with Gasteiger partial charge in [0, 0.05) is 16.8 Å². The highest BCUT2D eigenvalue weighted by Crippen LogP contribution is 2.23. The Kier molecular flexibility index (Phi) is 3.82. The smallest absolute Gasteiger partial charge is 0.186 e. The number of hydrogen-bond acceptors (Lipinski definition) is 4. The van der Waals surface area contributed by atoms with Gasteiger partial charge in [0.1, 0.15) is 11.6 Å². The third kappa shape index (κ3) is 3.04. The van der Waals surface area contributed by atoms with E-state index in [9.17, 15) is 4.39 Å². The third-order valence-corrected chi connectivity index (χ3v) is 4.20. The number of nitrogens with two attached hydrogens (primary N) is 1. The first-order chi connectivity index (χ1) is 12.1. The zero-order valence-electron chi connectivity index (χ0n) is 13.0. The molecule has 25 heavy (non-hydrogen) atoms. The van der Waals surface area contributed by atoms with Crippen molar-refractivity contribution in [2.45, 2.75) is 6.54 Å². The minimum Gasteiger partial charge on any atom is -0.383 e. The molecule has 0 aliphatic heterocycles. The van der Waals surface area contributed by atoms with Crippen LogP contribution in [0, 0.1) is 5.82 Å². The van der Waals surface area contributed by atoms with E-state index in [1.165, 1.54) is 18.2 Å². The van der Waals surface area contributed by atoms with Gasteiger partial charge >= 0.3 is 0 Å². The van der Waals surface area contributed by atoms with Crippen molar-refractivity contribution in [1.82, 2.24) is 19.7 Å². The highest BCUT2D eigenvalue weighted by atomic mass is 35.5. The molecular formula is C18H13ClFN5. The number of hydrogen-bond donors (Lipinski definition) is 1. The average Bonchev–Trinajstić information content (AvgIpc) is 3.02. The minimum atomic E-state index is -0.346. The van der Waals surface area contributed by atoms with Crippen LogP contribution in [0.3, 0.4) is 0 Å². The number of rotatable bonds is 3. The predicted molar refractivity (Wildman–Crippen MR) is 95.7 cm³/mol. The number of halogens is 2. The highest BCUT2D eigenvalue weighted by molar-refractivity contribution is 6.31. The number of benzene rings is 2. The van der Waals surface area contributed by atoms with Crippen molar-refractivity contribution in [3.63, 3.8) is 0 Å². The number of aromatic nitrogens is 4. The normalized spacial score (nSPS) is 11.1. The van der Waals surface area contributed by atoms with Crippen LogP contribution in [0.4, 0.5) is 10.2 Å². The van der Waals surface area contributed by atoms with Crippen LogP contribution in [0.2, 0.25) is 5.02 Å². The van der Waals surface area contributed by atoms with Crippen molar-refractivity contribution in [1.29, 1.82) is 0 Å². The third-order valence-electron chi connectivity index (χ3n) is 3.83. The molecule has 0 aliphatic rings. The summed E-state index contributed by atoms with van der Waals surface area (Å²) in [6.45, 7) is 0.313. The summed E-state index contributed by atoms with van der Waals surface area (Å²) in [5.74, 6) is 0.516. The fraction of sp³-hybridized carbons (Fsp3) is 0.0556. The summed E-state index contributed by atoms with van der Waals surface area (Å²) in [7, 11) is 0. The number of nitrogen functional groups attached to an aromatic ring is 1. The Bertz CT molecular complexity index is 1060. The average molecular weight is 354 g/mol. The summed E-state index contributed by atoms with van der Waals surface area (Å²) >= 11 is 6.12. The second kappa shape index (κ2) is 6.14. The second-order valence-electron chi connectivity index (χ2n) is 5.60. The lowest BCUT2D eigenvalue weighted by molar-refractivity contribution is 0.620. The van der Waals surface area contributed by atoms with E-state index in [0.717, 1.165) is 5.56 Å². The van der Waals surface area contributed by atoms with Gasteiger partial charge in [0.2, 0.25) is 0 Å². The molecule has 4 rings (SSSR count). The first kappa shape index (κ1) is 15.5. The number of fused-ring (bicyclic) bond motifs is 1. The van der Waals surface area contributed by atoms with E-state index in [1.807, 2.05) is 30.3 Å². The van der Waals surface area contributed by atoms with Crippen molar-refractivity contribution >= 4 is 28.5 Å². The van der Waals surface area contributed by atoms with E-state index in [4.69, 9.17) is 17.3 Å². The van der Waals surface area contributed by atoms with Gasteiger partial charge in [-0.2, -0.15) is 5.10 Å². The molecular weight excluding hydrogens is 341 g/mol. The fourth-order valence-electron chi connectivity index (χ4n) is 2.61. The molecule has 2 aromatic heterocycles. The van der Waals surface area contributed by atoms with Gasteiger partial charge in [0.25, 0.3) is 0 Å². The molecule has 0 atom stereocenters. The largest absolute Gasteiger partial charge is 0.383 e. The Morgan fingerprint density at radius 3 is 2.68 bits per heavy atom. The first-order valence-corrected chi connectivity index (χ1v) is 7.98. The van der Waals surface area contributed by atoms with E-state index >= 15 is 0 Å². The lowest BCUT2D eigenvalue weighted by Crippen LogP contribution is -2.01. The molecule has 0 bridgehead atoms. The van der Waals surface area contributed by atoms with Crippen molar-refractivity contribution in [2.75, 3.05) is 5.73 Å². The van der Waals surface area contributed by atoms with Crippen molar-refractivity contribution < 1.29 is 4.39 Å².